The number of imidazole rings is 1. The summed E-state index contributed by atoms with van der Waals surface area (Å²) < 4.78 is 3.63. The van der Waals surface area contributed by atoms with Gasteiger partial charge in [-0.3, -0.25) is 9.48 Å². The summed E-state index contributed by atoms with van der Waals surface area (Å²) >= 11 is 0. The number of carbonyl (C=O) groups is 1. The van der Waals surface area contributed by atoms with E-state index in [-0.39, 0.29) is 12.5 Å². The van der Waals surface area contributed by atoms with Crippen LogP contribution in [0, 0.1) is 0 Å². The topological polar surface area (TPSA) is 55.4 Å². The average Bonchev–Trinajstić information content (AvgIpc) is 3.30. The number of carbonyl (C=O) groups excluding carboxylic acids is 1. The van der Waals surface area contributed by atoms with Gasteiger partial charge in [-0.15, -0.1) is 0 Å². The quantitative estimate of drug-likeness (QED) is 0.565. The molecule has 0 saturated heterocycles. The Labute approximate surface area is 145 Å². The van der Waals surface area contributed by atoms with Crippen LogP contribution in [0.4, 0.5) is 5.69 Å². The maximum absolute atomic E-state index is 12.9. The molecule has 3 heterocycles. The van der Waals surface area contributed by atoms with Crippen molar-refractivity contribution in [2.24, 2.45) is 0 Å². The van der Waals surface area contributed by atoms with Crippen molar-refractivity contribution in [1.82, 2.24) is 19.2 Å². The lowest BCUT2D eigenvalue weighted by Gasteiger charge is -2.22. The highest BCUT2D eigenvalue weighted by Crippen LogP contribution is 2.18. The molecule has 0 fully saturated rings. The molecule has 4 aromatic rings. The van der Waals surface area contributed by atoms with Gasteiger partial charge in [0.15, 0.2) is 0 Å². The van der Waals surface area contributed by atoms with E-state index in [1.54, 1.807) is 22.0 Å². The van der Waals surface area contributed by atoms with Crippen molar-refractivity contribution in [3.8, 4) is 0 Å². The Morgan fingerprint density at radius 3 is 2.64 bits per heavy atom. The predicted octanol–water partition coefficient (Wildman–Crippen LogP) is 2.76. The average molecular weight is 331 g/mol. The standard InChI is InChI=1S/C19H17N5O/c25-19(15-22-11-6-10-21-22)24(16-7-2-1-3-8-16)14-17-13-20-18-9-4-5-12-23(17)18/h1-13H,14-15H2. The van der Waals surface area contributed by atoms with E-state index >= 15 is 0 Å². The third-order valence-electron chi connectivity index (χ3n) is 4.04. The summed E-state index contributed by atoms with van der Waals surface area (Å²) in [6.45, 7) is 0.633. The normalized spacial score (nSPS) is 10.9. The van der Waals surface area contributed by atoms with Gasteiger partial charge in [-0.1, -0.05) is 24.3 Å². The number of aromatic nitrogens is 4. The van der Waals surface area contributed by atoms with E-state index in [1.165, 1.54) is 0 Å². The van der Waals surface area contributed by atoms with E-state index in [0.29, 0.717) is 6.54 Å². The van der Waals surface area contributed by atoms with Crippen LogP contribution in [0.5, 0.6) is 0 Å². The van der Waals surface area contributed by atoms with Crippen molar-refractivity contribution < 1.29 is 4.79 Å². The fraction of sp³-hybridized carbons (Fsp3) is 0.105. The van der Waals surface area contributed by atoms with Crippen LogP contribution in [0.15, 0.2) is 79.4 Å². The molecule has 1 aromatic carbocycles. The largest absolute Gasteiger partial charge is 0.305 e. The minimum atomic E-state index is -0.0271. The molecule has 25 heavy (non-hydrogen) atoms. The zero-order valence-corrected chi connectivity index (χ0v) is 13.6. The summed E-state index contributed by atoms with van der Waals surface area (Å²) in [7, 11) is 0. The molecule has 3 aromatic heterocycles. The number of benzene rings is 1. The fourth-order valence-electron chi connectivity index (χ4n) is 2.81. The van der Waals surface area contributed by atoms with Crippen molar-refractivity contribution in [2.45, 2.75) is 13.1 Å². The van der Waals surface area contributed by atoms with Crippen LogP contribution >= 0.6 is 0 Å². The Morgan fingerprint density at radius 1 is 1.00 bits per heavy atom. The highest BCUT2D eigenvalue weighted by Gasteiger charge is 2.18. The van der Waals surface area contributed by atoms with Crippen molar-refractivity contribution in [3.05, 3.63) is 85.1 Å². The zero-order chi connectivity index (χ0) is 17.1. The summed E-state index contributed by atoms with van der Waals surface area (Å²) in [6, 6.07) is 17.3. The van der Waals surface area contributed by atoms with Crippen molar-refractivity contribution in [3.63, 3.8) is 0 Å². The first-order valence-electron chi connectivity index (χ1n) is 8.05. The highest BCUT2D eigenvalue weighted by molar-refractivity contribution is 5.93. The lowest BCUT2D eigenvalue weighted by Crippen LogP contribution is -2.34. The number of para-hydroxylation sites is 1. The first-order chi connectivity index (χ1) is 12.3. The molecule has 1 amide bonds. The molecule has 0 atom stereocenters. The van der Waals surface area contributed by atoms with Crippen LogP contribution in [-0.2, 0) is 17.9 Å². The Kier molecular flexibility index (Phi) is 4.00. The summed E-state index contributed by atoms with van der Waals surface area (Å²) in [5.74, 6) is -0.0271. The Hall–Kier alpha value is -3.41. The van der Waals surface area contributed by atoms with Gasteiger partial charge in [-0.25, -0.2) is 4.98 Å². The number of pyridine rings is 1. The number of rotatable bonds is 5. The Balaban J connectivity index is 1.66. The van der Waals surface area contributed by atoms with Crippen LogP contribution in [0.25, 0.3) is 5.65 Å². The molecule has 0 spiro atoms. The third-order valence-corrected chi connectivity index (χ3v) is 4.04. The van der Waals surface area contributed by atoms with E-state index in [1.807, 2.05) is 71.4 Å². The van der Waals surface area contributed by atoms with Crippen molar-refractivity contribution >= 4 is 17.2 Å². The number of amides is 1. The molecule has 0 aliphatic carbocycles. The van der Waals surface area contributed by atoms with Gasteiger partial charge in [-0.2, -0.15) is 5.10 Å². The minimum absolute atomic E-state index is 0.0271. The van der Waals surface area contributed by atoms with Crippen LogP contribution in [0.3, 0.4) is 0 Å². The molecule has 4 rings (SSSR count). The van der Waals surface area contributed by atoms with Crippen molar-refractivity contribution in [1.29, 1.82) is 0 Å². The molecule has 0 saturated carbocycles. The van der Waals surface area contributed by atoms with E-state index in [2.05, 4.69) is 10.1 Å². The molecule has 6 heteroatoms. The van der Waals surface area contributed by atoms with E-state index in [4.69, 9.17) is 0 Å². The van der Waals surface area contributed by atoms with Gasteiger partial charge in [-0.05, 0) is 30.3 Å². The molecule has 0 aliphatic heterocycles. The Morgan fingerprint density at radius 2 is 1.84 bits per heavy atom. The van der Waals surface area contributed by atoms with E-state index < -0.39 is 0 Å². The monoisotopic (exact) mass is 331 g/mol. The summed E-state index contributed by atoms with van der Waals surface area (Å²) in [5, 5.41) is 4.13. The molecule has 0 bridgehead atoms. The van der Waals surface area contributed by atoms with Crippen molar-refractivity contribution in [2.75, 3.05) is 4.90 Å². The van der Waals surface area contributed by atoms with E-state index in [0.717, 1.165) is 17.0 Å². The minimum Gasteiger partial charge on any atom is -0.305 e. The van der Waals surface area contributed by atoms with Gasteiger partial charge >= 0.3 is 0 Å². The second-order valence-corrected chi connectivity index (χ2v) is 5.70. The second-order valence-electron chi connectivity index (χ2n) is 5.70. The van der Waals surface area contributed by atoms with E-state index in [9.17, 15) is 4.79 Å². The molecular formula is C19H17N5O. The van der Waals surface area contributed by atoms with Gasteiger partial charge < -0.3 is 9.30 Å². The zero-order valence-electron chi connectivity index (χ0n) is 13.6. The molecular weight excluding hydrogens is 314 g/mol. The maximum atomic E-state index is 12.9. The molecule has 124 valence electrons. The fourth-order valence-corrected chi connectivity index (χ4v) is 2.81. The first-order valence-corrected chi connectivity index (χ1v) is 8.05. The SMILES string of the molecule is O=C(Cn1cccn1)N(Cc1cnc2ccccn12)c1ccccc1. The number of hydrogen-bond donors (Lipinski definition) is 0. The lowest BCUT2D eigenvalue weighted by molar-refractivity contribution is -0.119. The first kappa shape index (κ1) is 15.1. The van der Waals surface area contributed by atoms with Gasteiger partial charge in [0.05, 0.1) is 18.4 Å². The van der Waals surface area contributed by atoms with Crippen LogP contribution in [0.1, 0.15) is 5.69 Å². The lowest BCUT2D eigenvalue weighted by atomic mass is 10.2. The van der Waals surface area contributed by atoms with Crippen LogP contribution < -0.4 is 4.90 Å². The summed E-state index contributed by atoms with van der Waals surface area (Å²) in [4.78, 5) is 19.1. The van der Waals surface area contributed by atoms with Crippen LogP contribution in [0.2, 0.25) is 0 Å². The van der Waals surface area contributed by atoms with Gasteiger partial charge in [0.2, 0.25) is 5.91 Å². The Bertz CT molecular complexity index is 975. The third kappa shape index (κ3) is 3.14. The van der Waals surface area contributed by atoms with Gasteiger partial charge in [0.25, 0.3) is 0 Å². The smallest absolute Gasteiger partial charge is 0.249 e. The maximum Gasteiger partial charge on any atom is 0.249 e. The molecule has 0 radical (unpaired) electrons. The molecule has 0 aliphatic rings. The molecule has 6 nitrogen and oxygen atoms in total. The summed E-state index contributed by atoms with van der Waals surface area (Å²) in [5.41, 5.74) is 2.67. The number of fused-ring (bicyclic) bond motifs is 1. The van der Waals surface area contributed by atoms with Gasteiger partial charge in [0.1, 0.15) is 12.2 Å². The second kappa shape index (κ2) is 6.60. The number of hydrogen-bond acceptors (Lipinski definition) is 3. The summed E-state index contributed by atoms with van der Waals surface area (Å²) in [6.07, 6.45) is 7.23. The number of anilines is 1. The van der Waals surface area contributed by atoms with Gasteiger partial charge in [0, 0.05) is 24.3 Å². The number of nitrogens with zero attached hydrogens (tertiary/aromatic N) is 5. The molecule has 0 N–H and O–H groups in total. The highest BCUT2D eigenvalue weighted by atomic mass is 16.2. The van der Waals surface area contributed by atoms with Crippen LogP contribution in [-0.4, -0.2) is 25.1 Å². The molecule has 0 unspecified atom stereocenters. The predicted molar refractivity (Wildman–Crippen MR) is 95.1 cm³/mol.